The van der Waals surface area contributed by atoms with E-state index in [9.17, 15) is 0 Å². The van der Waals surface area contributed by atoms with Crippen molar-refractivity contribution in [1.29, 1.82) is 0 Å². The Labute approximate surface area is 44.2 Å². The summed E-state index contributed by atoms with van der Waals surface area (Å²) in [6.07, 6.45) is 0. The van der Waals surface area contributed by atoms with Crippen LogP contribution < -0.4 is 0 Å². The third-order valence-corrected chi connectivity index (χ3v) is 0. The second-order valence-electron chi connectivity index (χ2n) is 0.707. The van der Waals surface area contributed by atoms with Crippen molar-refractivity contribution in [1.82, 2.24) is 0 Å². The minimum Gasteiger partial charge on any atom is -0.0778 e. The predicted octanol–water partition coefficient (Wildman–Crippen LogP) is -3.36. The molecule has 0 aromatic heterocycles. The Hall–Kier alpha value is 0.977. The molecule has 0 aromatic rings. The van der Waals surface area contributed by atoms with Gasteiger partial charge in [0, 0.05) is 0 Å². The van der Waals surface area contributed by atoms with Crippen LogP contribution in [0.2, 0.25) is 5.67 Å². The van der Waals surface area contributed by atoms with E-state index in [4.69, 9.17) is 0 Å². The SMILES string of the molecule is [GeH4].[SiH3]C[SiH3]. The summed E-state index contributed by atoms with van der Waals surface area (Å²) in [6.45, 7) is 0. The normalized spacial score (nSPS) is 6.00. The quantitative estimate of drug-likeness (QED) is 0.319. The van der Waals surface area contributed by atoms with E-state index in [1.54, 1.807) is 0 Å². The zero-order valence-electron chi connectivity index (χ0n) is 2.71. The molecule has 0 aliphatic rings. The molecule has 28 valence electrons. The van der Waals surface area contributed by atoms with Gasteiger partial charge in [-0.25, -0.2) is 0 Å². The monoisotopic (exact) mass is 154 g/mol. The molecule has 0 saturated heterocycles. The Balaban J connectivity index is 0. The molecule has 0 aromatic carbocycles. The van der Waals surface area contributed by atoms with Crippen LogP contribution in [0.4, 0.5) is 0 Å². The topological polar surface area (TPSA) is 0 Å². The van der Waals surface area contributed by atoms with Crippen molar-refractivity contribution in [2.45, 2.75) is 5.67 Å². The molecule has 0 heterocycles. The van der Waals surface area contributed by atoms with E-state index < -0.39 is 0 Å². The Bertz CT molecular complexity index is 6.00. The molecule has 0 nitrogen and oxygen atoms in total. The summed E-state index contributed by atoms with van der Waals surface area (Å²) in [6, 6.07) is 0. The summed E-state index contributed by atoms with van der Waals surface area (Å²) in [4.78, 5) is 0. The largest absolute Gasteiger partial charge is 0.0778 e. The smallest absolute Gasteiger partial charge is 0.000878 e. The molecular formula is CH12GeSi2. The van der Waals surface area contributed by atoms with Crippen molar-refractivity contribution >= 4 is 38.1 Å². The number of hydrogen-bond donors (Lipinski definition) is 0. The molecule has 0 amide bonds. The van der Waals surface area contributed by atoms with Crippen LogP contribution in [0.5, 0.6) is 0 Å². The van der Waals surface area contributed by atoms with E-state index in [1.165, 1.54) is 26.2 Å². The number of rotatable bonds is 0. The average molecular weight is 153 g/mol. The van der Waals surface area contributed by atoms with Gasteiger partial charge in [-0.05, 0) is 20.5 Å². The first-order chi connectivity index (χ1) is 1.41. The first kappa shape index (κ1) is 8.88. The minimum atomic E-state index is 0. The van der Waals surface area contributed by atoms with Crippen LogP contribution in [0.25, 0.3) is 0 Å². The summed E-state index contributed by atoms with van der Waals surface area (Å²) in [5, 5.41) is 0. The van der Waals surface area contributed by atoms with E-state index in [1.807, 2.05) is 0 Å². The summed E-state index contributed by atoms with van der Waals surface area (Å²) >= 11 is 0. The van der Waals surface area contributed by atoms with Crippen LogP contribution >= 0.6 is 0 Å². The van der Waals surface area contributed by atoms with Gasteiger partial charge in [0.05, 0.1) is 0 Å². The standard InChI is InChI=1S/CH8Si2.GeH4/c2-1-3;/h1H2,2-3H3;1H4. The van der Waals surface area contributed by atoms with Crippen LogP contribution in [0.3, 0.4) is 0 Å². The van der Waals surface area contributed by atoms with Gasteiger partial charge in [0.2, 0.25) is 0 Å². The molecule has 0 bridgehead atoms. The molecular weight excluding hydrogens is 141 g/mol. The molecule has 4 heavy (non-hydrogen) atoms. The van der Waals surface area contributed by atoms with Crippen molar-refractivity contribution in [2.24, 2.45) is 0 Å². The van der Waals surface area contributed by atoms with Crippen molar-refractivity contribution in [3.63, 3.8) is 0 Å². The van der Waals surface area contributed by atoms with Gasteiger partial charge in [0.25, 0.3) is 0 Å². The molecule has 0 unspecified atom stereocenters. The second kappa shape index (κ2) is 9.02. The molecule has 0 N–H and O–H groups in total. The van der Waals surface area contributed by atoms with Gasteiger partial charge in [-0.1, -0.05) is 5.67 Å². The molecule has 0 radical (unpaired) electrons. The Kier molecular flexibility index (Phi) is 20.0. The molecule has 0 saturated carbocycles. The van der Waals surface area contributed by atoms with Crippen LogP contribution in [-0.4, -0.2) is 38.1 Å². The molecule has 0 fully saturated rings. The fourth-order valence-corrected chi connectivity index (χ4v) is 0. The van der Waals surface area contributed by atoms with Crippen molar-refractivity contribution in [3.05, 3.63) is 0 Å². The fraction of sp³-hybridized carbons (Fsp3) is 1.00. The van der Waals surface area contributed by atoms with Crippen LogP contribution in [0.15, 0.2) is 0 Å². The van der Waals surface area contributed by atoms with Gasteiger partial charge < -0.3 is 0 Å². The van der Waals surface area contributed by atoms with Crippen molar-refractivity contribution in [3.8, 4) is 0 Å². The van der Waals surface area contributed by atoms with Gasteiger partial charge in [-0.3, -0.25) is 0 Å². The van der Waals surface area contributed by atoms with Gasteiger partial charge in [-0.2, -0.15) is 0 Å². The zero-order valence-corrected chi connectivity index (χ0v) is 6.71. The van der Waals surface area contributed by atoms with Crippen molar-refractivity contribution < 1.29 is 0 Å². The first-order valence-electron chi connectivity index (χ1n) is 1.41. The summed E-state index contributed by atoms with van der Waals surface area (Å²) in [5.74, 6) is 0. The molecule has 0 aliphatic carbocycles. The maximum atomic E-state index is 1.53. The first-order valence-corrected chi connectivity index (χ1v) is 4.24. The van der Waals surface area contributed by atoms with E-state index in [-0.39, 0.29) is 17.6 Å². The Morgan fingerprint density at radius 3 is 1.25 bits per heavy atom. The third kappa shape index (κ3) is 12.2. The van der Waals surface area contributed by atoms with E-state index >= 15 is 0 Å². The van der Waals surface area contributed by atoms with Crippen LogP contribution in [0.1, 0.15) is 0 Å². The fourth-order valence-electron chi connectivity index (χ4n) is 0. The molecule has 0 rings (SSSR count). The van der Waals surface area contributed by atoms with Gasteiger partial charge in [0.15, 0.2) is 0 Å². The summed E-state index contributed by atoms with van der Waals surface area (Å²) in [7, 11) is 2.86. The molecule has 0 atom stereocenters. The number of hydrogen-bond acceptors (Lipinski definition) is 0. The summed E-state index contributed by atoms with van der Waals surface area (Å²) in [5.41, 5.74) is 1.53. The molecule has 0 spiro atoms. The van der Waals surface area contributed by atoms with Gasteiger partial charge in [0.1, 0.15) is 0 Å². The molecule has 3 heteroatoms. The predicted molar refractivity (Wildman–Crippen MR) is 36.0 cm³/mol. The van der Waals surface area contributed by atoms with Crippen LogP contribution in [0, 0.1) is 0 Å². The van der Waals surface area contributed by atoms with E-state index in [0.717, 1.165) is 0 Å². The van der Waals surface area contributed by atoms with Crippen LogP contribution in [-0.2, 0) is 0 Å². The Morgan fingerprint density at radius 1 is 1.25 bits per heavy atom. The molecule has 0 aliphatic heterocycles. The van der Waals surface area contributed by atoms with Gasteiger partial charge >= 0.3 is 17.6 Å². The van der Waals surface area contributed by atoms with E-state index in [0.29, 0.717) is 0 Å². The van der Waals surface area contributed by atoms with E-state index in [2.05, 4.69) is 0 Å². The maximum absolute atomic E-state index is 1.53. The summed E-state index contributed by atoms with van der Waals surface area (Å²) < 4.78 is 0. The third-order valence-electron chi connectivity index (χ3n) is 0. The Morgan fingerprint density at radius 2 is 1.25 bits per heavy atom. The minimum absolute atomic E-state index is 0. The zero-order chi connectivity index (χ0) is 2.71. The second-order valence-corrected chi connectivity index (χ2v) is 6.36. The average Bonchev–Trinajstić information content (AvgIpc) is 0.918. The van der Waals surface area contributed by atoms with Gasteiger partial charge in [-0.15, -0.1) is 0 Å². The van der Waals surface area contributed by atoms with Crippen molar-refractivity contribution in [2.75, 3.05) is 0 Å². The maximum Gasteiger partial charge on any atom is -0.000878 e.